The lowest BCUT2D eigenvalue weighted by molar-refractivity contribution is 0.927. The summed E-state index contributed by atoms with van der Waals surface area (Å²) in [5.41, 5.74) is 9.11. The van der Waals surface area contributed by atoms with E-state index in [1.807, 2.05) is 19.2 Å². The SMILES string of the molecule is CN(Cc1csc(Br)c1)c1ccc(C#N)c(N)c1. The summed E-state index contributed by atoms with van der Waals surface area (Å²) in [5.74, 6) is 0. The number of thiophene rings is 1. The maximum absolute atomic E-state index is 8.84. The van der Waals surface area contributed by atoms with Crippen LogP contribution in [0.4, 0.5) is 11.4 Å². The van der Waals surface area contributed by atoms with Gasteiger partial charge in [-0.15, -0.1) is 11.3 Å². The molecule has 2 rings (SSSR count). The molecule has 92 valence electrons. The summed E-state index contributed by atoms with van der Waals surface area (Å²) in [5, 5.41) is 11.0. The van der Waals surface area contributed by atoms with E-state index in [1.165, 1.54) is 5.56 Å². The van der Waals surface area contributed by atoms with Crippen molar-refractivity contribution in [1.82, 2.24) is 0 Å². The molecule has 0 saturated heterocycles. The molecule has 2 aromatic rings. The number of nitrogens with two attached hydrogens (primary N) is 1. The monoisotopic (exact) mass is 321 g/mol. The lowest BCUT2D eigenvalue weighted by atomic mass is 10.1. The zero-order chi connectivity index (χ0) is 13.1. The number of nitrogens with zero attached hydrogens (tertiary/aromatic N) is 2. The molecule has 0 aliphatic rings. The van der Waals surface area contributed by atoms with Crippen molar-refractivity contribution in [2.24, 2.45) is 0 Å². The zero-order valence-electron chi connectivity index (χ0n) is 9.85. The van der Waals surface area contributed by atoms with Gasteiger partial charge in [0.05, 0.1) is 15.0 Å². The van der Waals surface area contributed by atoms with E-state index in [0.29, 0.717) is 11.3 Å². The highest BCUT2D eigenvalue weighted by Gasteiger charge is 2.06. The average Bonchev–Trinajstić information content (AvgIpc) is 2.74. The normalized spacial score (nSPS) is 10.1. The first-order valence-electron chi connectivity index (χ1n) is 5.34. The minimum absolute atomic E-state index is 0.519. The predicted molar refractivity (Wildman–Crippen MR) is 79.7 cm³/mol. The van der Waals surface area contributed by atoms with Crippen LogP contribution in [0.15, 0.2) is 33.4 Å². The highest BCUT2D eigenvalue weighted by Crippen LogP contribution is 2.25. The molecule has 0 fully saturated rings. The Morgan fingerprint density at radius 3 is 2.78 bits per heavy atom. The van der Waals surface area contributed by atoms with Crippen LogP contribution in [0.5, 0.6) is 0 Å². The number of anilines is 2. The van der Waals surface area contributed by atoms with Crippen molar-refractivity contribution in [2.75, 3.05) is 17.7 Å². The van der Waals surface area contributed by atoms with Crippen molar-refractivity contribution in [3.63, 3.8) is 0 Å². The molecule has 0 saturated carbocycles. The molecule has 3 nitrogen and oxygen atoms in total. The van der Waals surface area contributed by atoms with Crippen LogP contribution in [0.25, 0.3) is 0 Å². The first kappa shape index (κ1) is 12.9. The van der Waals surface area contributed by atoms with Crippen LogP contribution in [0.2, 0.25) is 0 Å². The second kappa shape index (κ2) is 5.42. The topological polar surface area (TPSA) is 53.0 Å². The van der Waals surface area contributed by atoms with Crippen molar-refractivity contribution in [1.29, 1.82) is 5.26 Å². The maximum atomic E-state index is 8.84. The van der Waals surface area contributed by atoms with E-state index >= 15 is 0 Å². The fourth-order valence-corrected chi connectivity index (χ4v) is 2.88. The molecule has 18 heavy (non-hydrogen) atoms. The molecule has 1 aromatic heterocycles. The molecular weight excluding hydrogens is 310 g/mol. The van der Waals surface area contributed by atoms with E-state index in [9.17, 15) is 0 Å². The van der Waals surface area contributed by atoms with E-state index in [1.54, 1.807) is 17.4 Å². The van der Waals surface area contributed by atoms with E-state index in [2.05, 4.69) is 38.3 Å². The van der Waals surface area contributed by atoms with Crippen LogP contribution in [0.3, 0.4) is 0 Å². The van der Waals surface area contributed by atoms with Gasteiger partial charge in [0.25, 0.3) is 0 Å². The number of hydrogen-bond acceptors (Lipinski definition) is 4. The summed E-state index contributed by atoms with van der Waals surface area (Å²) < 4.78 is 1.13. The number of nitrogen functional groups attached to an aromatic ring is 1. The van der Waals surface area contributed by atoms with E-state index < -0.39 is 0 Å². The van der Waals surface area contributed by atoms with Gasteiger partial charge in [-0.05, 0) is 51.1 Å². The van der Waals surface area contributed by atoms with Gasteiger partial charge in [0.2, 0.25) is 0 Å². The minimum Gasteiger partial charge on any atom is -0.398 e. The summed E-state index contributed by atoms with van der Waals surface area (Å²) >= 11 is 5.13. The summed E-state index contributed by atoms with van der Waals surface area (Å²) in [7, 11) is 2.01. The van der Waals surface area contributed by atoms with Gasteiger partial charge in [-0.3, -0.25) is 0 Å². The number of rotatable bonds is 3. The minimum atomic E-state index is 0.519. The molecule has 1 aromatic carbocycles. The predicted octanol–water partition coefficient (Wildman–Crippen LogP) is 3.60. The van der Waals surface area contributed by atoms with Crippen molar-refractivity contribution < 1.29 is 0 Å². The first-order valence-corrected chi connectivity index (χ1v) is 7.01. The van der Waals surface area contributed by atoms with Crippen LogP contribution in [-0.2, 0) is 6.54 Å². The van der Waals surface area contributed by atoms with Crippen LogP contribution in [-0.4, -0.2) is 7.05 Å². The van der Waals surface area contributed by atoms with Gasteiger partial charge < -0.3 is 10.6 Å². The highest BCUT2D eigenvalue weighted by molar-refractivity contribution is 9.11. The lowest BCUT2D eigenvalue weighted by Gasteiger charge is -2.19. The second-order valence-corrected chi connectivity index (χ2v) is 6.29. The Morgan fingerprint density at radius 2 is 2.22 bits per heavy atom. The number of hydrogen-bond donors (Lipinski definition) is 1. The fourth-order valence-electron chi connectivity index (χ4n) is 1.68. The van der Waals surface area contributed by atoms with Crippen LogP contribution in [0, 0.1) is 11.3 Å². The molecule has 0 aliphatic carbocycles. The molecule has 1 heterocycles. The third-order valence-corrected chi connectivity index (χ3v) is 4.19. The molecule has 5 heteroatoms. The Balaban J connectivity index is 2.16. The van der Waals surface area contributed by atoms with Gasteiger partial charge in [0.15, 0.2) is 0 Å². The third-order valence-electron chi connectivity index (χ3n) is 2.64. The summed E-state index contributed by atoms with van der Waals surface area (Å²) in [4.78, 5) is 2.10. The number of benzene rings is 1. The fraction of sp³-hybridized carbons (Fsp3) is 0.154. The molecule has 0 bridgehead atoms. The van der Waals surface area contributed by atoms with Gasteiger partial charge in [-0.25, -0.2) is 0 Å². The van der Waals surface area contributed by atoms with Crippen LogP contribution < -0.4 is 10.6 Å². The van der Waals surface area contributed by atoms with Crippen molar-refractivity contribution in [3.8, 4) is 6.07 Å². The van der Waals surface area contributed by atoms with Crippen LogP contribution >= 0.6 is 27.3 Å². The van der Waals surface area contributed by atoms with E-state index in [0.717, 1.165) is 16.0 Å². The van der Waals surface area contributed by atoms with E-state index in [4.69, 9.17) is 11.0 Å². The Bertz CT molecular complexity index is 601. The standard InChI is InChI=1S/C13H12BrN3S/c1-17(7-9-4-13(14)18-8-9)11-3-2-10(6-15)12(16)5-11/h2-5,8H,7,16H2,1H3. The average molecular weight is 322 g/mol. The molecular formula is C13H12BrN3S. The molecule has 0 radical (unpaired) electrons. The van der Waals surface area contributed by atoms with Gasteiger partial charge >= 0.3 is 0 Å². The van der Waals surface area contributed by atoms with Gasteiger partial charge in [-0.1, -0.05) is 0 Å². The first-order chi connectivity index (χ1) is 8.60. The van der Waals surface area contributed by atoms with Crippen molar-refractivity contribution in [3.05, 3.63) is 44.6 Å². The number of nitriles is 1. The Kier molecular flexibility index (Phi) is 3.90. The smallest absolute Gasteiger partial charge is 0.101 e. The van der Waals surface area contributed by atoms with Crippen molar-refractivity contribution >= 4 is 38.6 Å². The zero-order valence-corrected chi connectivity index (χ0v) is 12.3. The molecule has 0 unspecified atom stereocenters. The quantitative estimate of drug-likeness (QED) is 0.879. The third kappa shape index (κ3) is 2.84. The Hall–Kier alpha value is -1.51. The molecule has 2 N–H and O–H groups in total. The van der Waals surface area contributed by atoms with Gasteiger partial charge in [0.1, 0.15) is 6.07 Å². The largest absolute Gasteiger partial charge is 0.398 e. The molecule has 0 atom stereocenters. The molecule has 0 spiro atoms. The molecule has 0 amide bonds. The van der Waals surface area contributed by atoms with Crippen molar-refractivity contribution in [2.45, 2.75) is 6.54 Å². The summed E-state index contributed by atoms with van der Waals surface area (Å²) in [6.07, 6.45) is 0. The van der Waals surface area contributed by atoms with Gasteiger partial charge in [-0.2, -0.15) is 5.26 Å². The lowest BCUT2D eigenvalue weighted by Crippen LogP contribution is -2.16. The van der Waals surface area contributed by atoms with Crippen LogP contribution in [0.1, 0.15) is 11.1 Å². The molecule has 0 aliphatic heterocycles. The second-order valence-electron chi connectivity index (χ2n) is 4.00. The highest BCUT2D eigenvalue weighted by atomic mass is 79.9. The summed E-state index contributed by atoms with van der Waals surface area (Å²) in [6, 6.07) is 9.67. The Labute approximate surface area is 119 Å². The maximum Gasteiger partial charge on any atom is 0.101 e. The Morgan fingerprint density at radius 1 is 1.44 bits per heavy atom. The van der Waals surface area contributed by atoms with E-state index in [-0.39, 0.29) is 0 Å². The number of halogens is 1. The van der Waals surface area contributed by atoms with Gasteiger partial charge in [0, 0.05) is 19.3 Å². The summed E-state index contributed by atoms with van der Waals surface area (Å²) in [6.45, 7) is 0.813.